The smallest absolute Gasteiger partial charge is 0.449 e. The predicted octanol–water partition coefficient (Wildman–Crippen LogP) is 12.0. The summed E-state index contributed by atoms with van der Waals surface area (Å²) < 4.78 is 470. The topological polar surface area (TPSA) is 36.9 Å². The number of alkyl halides is 34. The van der Waals surface area contributed by atoms with Gasteiger partial charge in [-0.1, -0.05) is 0 Å². The third-order valence-corrected chi connectivity index (χ3v) is 6.79. The maximum Gasteiger partial charge on any atom is 0.449 e. The van der Waals surface area contributed by atoms with E-state index in [-0.39, 0.29) is 0 Å². The molecule has 0 aromatic heterocycles. The van der Waals surface area contributed by atoms with Crippen LogP contribution in [0.2, 0.25) is 0 Å². The highest BCUT2D eigenvalue weighted by Gasteiger charge is 2.89. The monoisotopic (exact) mass is 1010 g/mol. The Labute approximate surface area is 316 Å². The largest absolute Gasteiger partial charge is 0.486 e. The molecule has 0 bridgehead atoms. The molecule has 0 aliphatic heterocycles. The molecule has 0 fully saturated rings. The number of hydrogen-bond donors (Lipinski definition) is 0. The Morgan fingerprint density at radius 2 is 0.371 bits per heavy atom. The van der Waals surface area contributed by atoms with Crippen molar-refractivity contribution in [1.82, 2.24) is 0 Å². The normalized spacial score (nSPS) is 15.5. The zero-order valence-corrected chi connectivity index (χ0v) is 27.7. The minimum atomic E-state index is -8.57. The van der Waals surface area contributed by atoms with Gasteiger partial charge in [-0.15, -0.1) is 0 Å². The quantitative estimate of drug-likeness (QED) is 0.0931. The van der Waals surface area contributed by atoms with Crippen LogP contribution in [0.25, 0.3) is 0 Å². The number of allylic oxidation sites excluding steroid dienone is 4. The summed E-state index contributed by atoms with van der Waals surface area (Å²) in [6.45, 7) is -12.4. The van der Waals surface area contributed by atoms with E-state index in [0.29, 0.717) is 0 Å². The van der Waals surface area contributed by atoms with Crippen LogP contribution < -0.4 is 0 Å². The van der Waals surface area contributed by atoms with E-state index >= 15 is 0 Å². The molecule has 0 radical (unpaired) electrons. The third kappa shape index (κ3) is 11.1. The molecule has 0 saturated heterocycles. The zero-order valence-electron chi connectivity index (χ0n) is 27.7. The van der Waals surface area contributed by atoms with Crippen LogP contribution in [0.15, 0.2) is 22.7 Å². The van der Waals surface area contributed by atoms with E-state index in [1.165, 1.54) is 0 Å². The molecule has 38 heteroatoms. The summed E-state index contributed by atoms with van der Waals surface area (Å²) in [6.07, 6.45) is -82.1. The first-order chi connectivity index (χ1) is 26.7. The molecule has 0 spiro atoms. The van der Waals surface area contributed by atoms with Crippen LogP contribution >= 0.6 is 0 Å². The van der Waals surface area contributed by atoms with E-state index < -0.39 is 147 Å². The van der Waals surface area contributed by atoms with Gasteiger partial charge in [-0.25, -0.2) is 17.6 Å². The summed E-state index contributed by atoms with van der Waals surface area (Å²) >= 11 is 0. The van der Waals surface area contributed by atoms with Gasteiger partial charge in [0, 0.05) is 0 Å². The molecule has 0 aromatic rings. The highest BCUT2D eigenvalue weighted by Crippen LogP contribution is 2.65. The number of hydrogen-bond acceptors (Lipinski definition) is 4. The molecule has 370 valence electrons. The molecule has 62 heavy (non-hydrogen) atoms. The van der Waals surface area contributed by atoms with Gasteiger partial charge in [-0.3, -0.25) is 0 Å². The molecule has 0 aromatic carbocycles. The minimum absolute atomic E-state index is 1.59. The molecule has 0 aliphatic rings. The first-order valence-electron chi connectivity index (χ1n) is 14.1. The molecule has 0 N–H and O–H groups in total. The number of rotatable bonds is 15. The molecule has 0 heterocycles. The fourth-order valence-electron chi connectivity index (χ4n) is 4.20. The number of ether oxygens (including phenoxy) is 4. The Balaban J connectivity index is 6.82. The lowest BCUT2D eigenvalue weighted by molar-refractivity contribution is -0.367. The lowest BCUT2D eigenvalue weighted by Crippen LogP contribution is -2.66. The summed E-state index contributed by atoms with van der Waals surface area (Å²) in [6, 6.07) is 0. The molecule has 0 amide bonds. The fraction of sp³-hybridized carbons (Fsp3) is 0.833. The Morgan fingerprint density at radius 3 is 0.500 bits per heavy atom. The predicted molar refractivity (Wildman–Crippen MR) is 124 cm³/mol. The SMILES string of the molecule is FC(F)(F)C(OCCOCCOCCOC(=C(C(F)(C(F)(F)F)C(F)(F)F)C(F)(C(F)(F)F)C(F)(F)F)C(F)(F)F)=C(C(F)(C(F)(F)F)C(F)(F)F)C(F)(C(F)(F)F)C(F)(F)F. The van der Waals surface area contributed by atoms with Crippen LogP contribution in [0, 0.1) is 0 Å². The standard InChI is InChI=1S/C24H12F34O4/c25-11(17(35,36)37,18(38,39)40)7(12(26,19(41,42)43)20(44,45)46)9(15(29,30)31)61-5-3-59-1-2-60-4-6-62-10(16(32,33)34)8(13(27,21(47,48)49)22(50,51)52)14(28,23(53,54)55)24(56,57)58/h1-6H2. The van der Waals surface area contributed by atoms with Crippen LogP contribution in [0.3, 0.4) is 0 Å². The van der Waals surface area contributed by atoms with E-state index in [0.717, 1.165) is 0 Å². The van der Waals surface area contributed by atoms with Crippen LogP contribution in [0.5, 0.6) is 0 Å². The van der Waals surface area contributed by atoms with Crippen LogP contribution in [0.4, 0.5) is 149 Å². The molecule has 4 nitrogen and oxygen atoms in total. The Kier molecular flexibility index (Phi) is 16.6. The van der Waals surface area contributed by atoms with Crippen molar-refractivity contribution in [3.05, 3.63) is 22.7 Å². The molecule has 0 aliphatic carbocycles. The van der Waals surface area contributed by atoms with Crippen molar-refractivity contribution in [3.63, 3.8) is 0 Å². The van der Waals surface area contributed by atoms with Crippen molar-refractivity contribution in [2.45, 2.75) is 84.4 Å². The van der Waals surface area contributed by atoms with E-state index in [2.05, 4.69) is 18.9 Å². The van der Waals surface area contributed by atoms with E-state index in [1.54, 1.807) is 0 Å². The fourth-order valence-corrected chi connectivity index (χ4v) is 4.20. The van der Waals surface area contributed by atoms with Crippen LogP contribution in [0.1, 0.15) is 0 Å². The van der Waals surface area contributed by atoms with E-state index in [1.807, 2.05) is 0 Å². The van der Waals surface area contributed by atoms with Crippen LogP contribution in [-0.4, -0.2) is 124 Å². The van der Waals surface area contributed by atoms with Gasteiger partial charge in [0.15, 0.2) is 0 Å². The Bertz CT molecular complexity index is 1300. The van der Waals surface area contributed by atoms with Crippen molar-refractivity contribution in [2.75, 3.05) is 39.6 Å². The lowest BCUT2D eigenvalue weighted by atomic mass is 9.79. The van der Waals surface area contributed by atoms with Gasteiger partial charge >= 0.3 is 84.4 Å². The van der Waals surface area contributed by atoms with Gasteiger partial charge in [-0.05, 0) is 0 Å². The van der Waals surface area contributed by atoms with Gasteiger partial charge in [0.1, 0.15) is 13.2 Å². The van der Waals surface area contributed by atoms with Crippen molar-refractivity contribution >= 4 is 0 Å². The number of halogens is 34. The Hall–Kier alpha value is -3.38. The van der Waals surface area contributed by atoms with Crippen molar-refractivity contribution < 1.29 is 168 Å². The van der Waals surface area contributed by atoms with Crippen molar-refractivity contribution in [1.29, 1.82) is 0 Å². The maximum absolute atomic E-state index is 14.6. The summed E-state index contributed by atoms with van der Waals surface area (Å²) in [5.41, 5.74) is -46.1. The van der Waals surface area contributed by atoms with Gasteiger partial charge < -0.3 is 18.9 Å². The first kappa shape index (κ1) is 58.6. The second-order valence-corrected chi connectivity index (χ2v) is 10.9. The van der Waals surface area contributed by atoms with Crippen molar-refractivity contribution in [3.8, 4) is 0 Å². The first-order valence-corrected chi connectivity index (χ1v) is 14.1. The lowest BCUT2D eigenvalue weighted by Gasteiger charge is -2.41. The van der Waals surface area contributed by atoms with E-state index in [4.69, 9.17) is 0 Å². The van der Waals surface area contributed by atoms with E-state index in [9.17, 15) is 149 Å². The molecule has 0 atom stereocenters. The highest BCUT2D eigenvalue weighted by atomic mass is 19.5. The molecular formula is C24H12F34O4. The maximum atomic E-state index is 14.6. The second kappa shape index (κ2) is 17.5. The Morgan fingerprint density at radius 1 is 0.226 bits per heavy atom. The molecule has 0 unspecified atom stereocenters. The zero-order chi connectivity index (χ0) is 50.4. The average Bonchev–Trinajstić information content (AvgIpc) is 2.97. The molecule has 0 saturated carbocycles. The highest BCUT2D eigenvalue weighted by molar-refractivity contribution is 5.41. The van der Waals surface area contributed by atoms with Gasteiger partial charge in [0.25, 0.3) is 0 Å². The minimum Gasteiger partial charge on any atom is -0.486 e. The van der Waals surface area contributed by atoms with Gasteiger partial charge in [0.2, 0.25) is 11.5 Å². The molecular weight excluding hydrogens is 998 g/mol. The summed E-state index contributed by atoms with van der Waals surface area (Å²) in [5.74, 6) is -9.89. The van der Waals surface area contributed by atoms with Crippen molar-refractivity contribution in [2.24, 2.45) is 0 Å². The summed E-state index contributed by atoms with van der Waals surface area (Å²) in [4.78, 5) is 0. The average molecular weight is 1010 g/mol. The molecule has 0 rings (SSSR count). The van der Waals surface area contributed by atoms with Gasteiger partial charge in [0.05, 0.1) is 37.6 Å². The second-order valence-electron chi connectivity index (χ2n) is 10.9. The van der Waals surface area contributed by atoms with Gasteiger partial charge in [-0.2, -0.15) is 132 Å². The van der Waals surface area contributed by atoms with Crippen LogP contribution in [-0.2, 0) is 18.9 Å². The third-order valence-electron chi connectivity index (χ3n) is 6.79. The summed E-state index contributed by atoms with van der Waals surface area (Å²) in [7, 11) is 0. The summed E-state index contributed by atoms with van der Waals surface area (Å²) in [5, 5.41) is 0.